The largest absolute Gasteiger partial charge is 0.481 e. The zero-order chi connectivity index (χ0) is 12.7. The summed E-state index contributed by atoms with van der Waals surface area (Å²) in [5.41, 5.74) is 4.62. The summed E-state index contributed by atoms with van der Waals surface area (Å²) in [7, 11) is 0. The number of aromatic nitrogens is 1. The number of para-hydroxylation sites is 1. The van der Waals surface area contributed by atoms with Gasteiger partial charge >= 0.3 is 5.97 Å². The Morgan fingerprint density at radius 3 is 3.11 bits per heavy atom. The number of fused-ring (bicyclic) bond motifs is 3. The zero-order valence-corrected chi connectivity index (χ0v) is 10.5. The maximum atomic E-state index is 10.9. The smallest absolute Gasteiger partial charge is 0.307 e. The van der Waals surface area contributed by atoms with Crippen molar-refractivity contribution in [2.75, 3.05) is 0 Å². The predicted molar refractivity (Wildman–Crippen MR) is 70.8 cm³/mol. The molecule has 0 saturated carbocycles. The monoisotopic (exact) mass is 243 g/mol. The number of nitrogens with one attached hydrogen (secondary N) is 1. The second-order valence-corrected chi connectivity index (χ2v) is 5.34. The molecule has 94 valence electrons. The van der Waals surface area contributed by atoms with E-state index >= 15 is 0 Å². The lowest BCUT2D eigenvalue weighted by atomic mass is 9.87. The standard InChI is InChI=1S/C15H17NO2/c1-9-5-6-13-12(7-9)11-4-2-3-10(8-14(17)18)15(11)16-13/h2-4,9,16H,5-8H2,1H3,(H,17,18). The Morgan fingerprint density at radius 2 is 2.33 bits per heavy atom. The summed E-state index contributed by atoms with van der Waals surface area (Å²) >= 11 is 0. The van der Waals surface area contributed by atoms with E-state index in [-0.39, 0.29) is 6.42 Å². The van der Waals surface area contributed by atoms with Gasteiger partial charge in [-0.2, -0.15) is 0 Å². The first-order chi connectivity index (χ1) is 8.65. The number of rotatable bonds is 2. The normalized spacial score (nSPS) is 18.8. The molecule has 18 heavy (non-hydrogen) atoms. The van der Waals surface area contributed by atoms with Crippen LogP contribution in [0.5, 0.6) is 0 Å². The molecule has 1 unspecified atom stereocenters. The molecule has 0 aliphatic heterocycles. The van der Waals surface area contributed by atoms with Gasteiger partial charge in [-0.15, -0.1) is 0 Å². The molecule has 0 amide bonds. The Labute approximate surface area is 106 Å². The van der Waals surface area contributed by atoms with Crippen LogP contribution in [0.4, 0.5) is 0 Å². The van der Waals surface area contributed by atoms with Gasteiger partial charge in [-0.25, -0.2) is 0 Å². The molecular weight excluding hydrogens is 226 g/mol. The van der Waals surface area contributed by atoms with E-state index < -0.39 is 5.97 Å². The van der Waals surface area contributed by atoms with Crippen LogP contribution in [0.1, 0.15) is 30.2 Å². The van der Waals surface area contributed by atoms with Gasteiger partial charge in [-0.3, -0.25) is 4.79 Å². The van der Waals surface area contributed by atoms with Gasteiger partial charge in [0.05, 0.1) is 6.42 Å². The molecule has 0 spiro atoms. The Balaban J connectivity index is 2.16. The first-order valence-corrected chi connectivity index (χ1v) is 6.48. The molecule has 0 saturated heterocycles. The lowest BCUT2D eigenvalue weighted by molar-refractivity contribution is -0.136. The molecule has 1 aliphatic carbocycles. The fraction of sp³-hybridized carbons (Fsp3) is 0.400. The SMILES string of the molecule is CC1CCc2[nH]c3c(CC(=O)O)cccc3c2C1. The second-order valence-electron chi connectivity index (χ2n) is 5.34. The van der Waals surface area contributed by atoms with Gasteiger partial charge < -0.3 is 10.1 Å². The molecular formula is C15H17NO2. The minimum Gasteiger partial charge on any atom is -0.481 e. The summed E-state index contributed by atoms with van der Waals surface area (Å²) in [5.74, 6) is -0.0527. The van der Waals surface area contributed by atoms with E-state index in [2.05, 4.69) is 18.0 Å². The van der Waals surface area contributed by atoms with E-state index in [4.69, 9.17) is 5.11 Å². The molecule has 3 heteroatoms. The van der Waals surface area contributed by atoms with Crippen molar-refractivity contribution in [1.82, 2.24) is 4.98 Å². The molecule has 1 aliphatic rings. The first-order valence-electron chi connectivity index (χ1n) is 6.48. The van der Waals surface area contributed by atoms with Crippen LogP contribution in [0.25, 0.3) is 10.9 Å². The Morgan fingerprint density at radius 1 is 1.50 bits per heavy atom. The number of carboxylic acid groups (broad SMARTS) is 1. The van der Waals surface area contributed by atoms with E-state index in [1.807, 2.05) is 12.1 Å². The summed E-state index contributed by atoms with van der Waals surface area (Å²) in [4.78, 5) is 14.3. The number of carboxylic acids is 1. The molecule has 3 rings (SSSR count). The molecule has 1 aromatic carbocycles. The topological polar surface area (TPSA) is 53.1 Å². The summed E-state index contributed by atoms with van der Waals surface area (Å²) in [6.07, 6.45) is 3.49. The summed E-state index contributed by atoms with van der Waals surface area (Å²) in [6, 6.07) is 5.98. The molecule has 0 radical (unpaired) electrons. The third-order valence-corrected chi connectivity index (χ3v) is 3.90. The highest BCUT2D eigenvalue weighted by molar-refractivity contribution is 5.90. The van der Waals surface area contributed by atoms with Crippen LogP contribution in [-0.2, 0) is 24.1 Å². The highest BCUT2D eigenvalue weighted by atomic mass is 16.4. The van der Waals surface area contributed by atoms with Gasteiger partial charge in [0.25, 0.3) is 0 Å². The van der Waals surface area contributed by atoms with Crippen molar-refractivity contribution in [3.8, 4) is 0 Å². The van der Waals surface area contributed by atoms with Crippen LogP contribution >= 0.6 is 0 Å². The average Bonchev–Trinajstić information content (AvgIpc) is 2.68. The third kappa shape index (κ3) is 1.80. The highest BCUT2D eigenvalue weighted by Gasteiger charge is 2.20. The second kappa shape index (κ2) is 4.16. The molecule has 0 fully saturated rings. The van der Waals surface area contributed by atoms with Crippen LogP contribution in [0.2, 0.25) is 0 Å². The predicted octanol–water partition coefficient (Wildman–Crippen LogP) is 2.92. The summed E-state index contributed by atoms with van der Waals surface area (Å²) in [5, 5.41) is 10.2. The first kappa shape index (κ1) is 11.3. The average molecular weight is 243 g/mol. The molecule has 1 atom stereocenters. The number of H-pyrrole nitrogens is 1. The van der Waals surface area contributed by atoms with E-state index in [0.29, 0.717) is 0 Å². The Kier molecular flexibility index (Phi) is 2.62. The Bertz CT molecular complexity index is 612. The van der Waals surface area contributed by atoms with Crippen LogP contribution in [0.15, 0.2) is 18.2 Å². The maximum absolute atomic E-state index is 10.9. The molecule has 0 bridgehead atoms. The van der Waals surface area contributed by atoms with Gasteiger partial charge in [0.1, 0.15) is 0 Å². The van der Waals surface area contributed by atoms with Crippen molar-refractivity contribution in [1.29, 1.82) is 0 Å². The van der Waals surface area contributed by atoms with E-state index in [0.717, 1.165) is 29.8 Å². The van der Waals surface area contributed by atoms with Crippen LogP contribution < -0.4 is 0 Å². The maximum Gasteiger partial charge on any atom is 0.307 e. The Hall–Kier alpha value is -1.77. The number of aliphatic carboxylic acids is 1. The van der Waals surface area contributed by atoms with Gasteiger partial charge in [0, 0.05) is 16.6 Å². The molecule has 3 nitrogen and oxygen atoms in total. The van der Waals surface area contributed by atoms with Crippen molar-refractivity contribution in [3.05, 3.63) is 35.0 Å². The fourth-order valence-electron chi connectivity index (χ4n) is 2.99. The number of hydrogen-bond donors (Lipinski definition) is 2. The van der Waals surface area contributed by atoms with Gasteiger partial charge in [-0.1, -0.05) is 25.1 Å². The van der Waals surface area contributed by atoms with Crippen LogP contribution in [0, 0.1) is 5.92 Å². The van der Waals surface area contributed by atoms with Crippen LogP contribution in [-0.4, -0.2) is 16.1 Å². The van der Waals surface area contributed by atoms with Crippen molar-refractivity contribution in [2.45, 2.75) is 32.6 Å². The molecule has 1 aromatic heterocycles. The third-order valence-electron chi connectivity index (χ3n) is 3.90. The summed E-state index contributed by atoms with van der Waals surface area (Å²) < 4.78 is 0. The number of hydrogen-bond acceptors (Lipinski definition) is 1. The highest BCUT2D eigenvalue weighted by Crippen LogP contribution is 2.32. The van der Waals surface area contributed by atoms with Crippen LogP contribution in [0.3, 0.4) is 0 Å². The molecule has 2 N–H and O–H groups in total. The number of aromatic amines is 1. The van der Waals surface area contributed by atoms with Crippen molar-refractivity contribution >= 4 is 16.9 Å². The van der Waals surface area contributed by atoms with Gasteiger partial charge in [0.2, 0.25) is 0 Å². The van der Waals surface area contributed by atoms with E-state index in [1.165, 1.54) is 23.1 Å². The van der Waals surface area contributed by atoms with Gasteiger partial charge in [-0.05, 0) is 36.3 Å². The number of benzene rings is 1. The van der Waals surface area contributed by atoms with Crippen molar-refractivity contribution < 1.29 is 9.90 Å². The van der Waals surface area contributed by atoms with Gasteiger partial charge in [0.15, 0.2) is 0 Å². The van der Waals surface area contributed by atoms with E-state index in [1.54, 1.807) is 0 Å². The quantitative estimate of drug-likeness (QED) is 0.852. The lowest BCUT2D eigenvalue weighted by Gasteiger charge is -2.17. The summed E-state index contributed by atoms with van der Waals surface area (Å²) in [6.45, 7) is 2.28. The van der Waals surface area contributed by atoms with Crippen molar-refractivity contribution in [3.63, 3.8) is 0 Å². The van der Waals surface area contributed by atoms with Crippen molar-refractivity contribution in [2.24, 2.45) is 5.92 Å². The number of aryl methyl sites for hydroxylation is 1. The minimum atomic E-state index is -0.775. The fourth-order valence-corrected chi connectivity index (χ4v) is 2.99. The molecule has 1 heterocycles. The van der Waals surface area contributed by atoms with E-state index in [9.17, 15) is 4.79 Å². The number of carbonyl (C=O) groups is 1. The zero-order valence-electron chi connectivity index (χ0n) is 10.5. The lowest BCUT2D eigenvalue weighted by Crippen LogP contribution is -2.09. The minimum absolute atomic E-state index is 0.0896. The molecule has 2 aromatic rings.